The van der Waals surface area contributed by atoms with Crippen molar-refractivity contribution < 1.29 is 4.42 Å². The van der Waals surface area contributed by atoms with Crippen LogP contribution in [-0.2, 0) is 10.8 Å². The molecule has 264 valence electrons. The first-order valence-electron chi connectivity index (χ1n) is 19.5. The molecule has 0 unspecified atom stereocenters. The minimum Gasteiger partial charge on any atom is -0.456 e. The van der Waals surface area contributed by atoms with Gasteiger partial charge in [-0.25, -0.2) is 9.97 Å². The van der Waals surface area contributed by atoms with Crippen molar-refractivity contribution in [2.45, 2.75) is 51.4 Å². The smallest absolute Gasteiger partial charge is 0.160 e. The van der Waals surface area contributed by atoms with Crippen molar-refractivity contribution in [2.24, 2.45) is 0 Å². The molecular formula is C52H40N2O. The highest BCUT2D eigenvalue weighted by atomic mass is 16.3. The van der Waals surface area contributed by atoms with Crippen LogP contribution in [0.4, 0.5) is 0 Å². The summed E-state index contributed by atoms with van der Waals surface area (Å²) in [5.41, 5.74) is 20.3. The van der Waals surface area contributed by atoms with Crippen LogP contribution in [0.1, 0.15) is 62.8 Å². The lowest BCUT2D eigenvalue weighted by molar-refractivity contribution is 0.648. The molecule has 0 N–H and O–H groups in total. The first-order valence-corrected chi connectivity index (χ1v) is 19.5. The Labute approximate surface area is 321 Å². The van der Waals surface area contributed by atoms with E-state index < -0.39 is 0 Å². The van der Waals surface area contributed by atoms with Crippen LogP contribution in [0.5, 0.6) is 0 Å². The zero-order valence-electron chi connectivity index (χ0n) is 31.6. The van der Waals surface area contributed by atoms with Gasteiger partial charge in [0.05, 0.1) is 11.4 Å². The third kappa shape index (κ3) is 4.82. The monoisotopic (exact) mass is 708 g/mol. The first-order chi connectivity index (χ1) is 26.7. The predicted molar refractivity (Wildman–Crippen MR) is 227 cm³/mol. The minimum absolute atomic E-state index is 0.0123. The summed E-state index contributed by atoms with van der Waals surface area (Å²) in [6.07, 6.45) is 7.22. The second-order valence-corrected chi connectivity index (χ2v) is 16.5. The zero-order chi connectivity index (χ0) is 37.1. The fourth-order valence-electron chi connectivity index (χ4n) is 9.56. The number of hydrogen-bond acceptors (Lipinski definition) is 3. The third-order valence-electron chi connectivity index (χ3n) is 12.6. The summed E-state index contributed by atoms with van der Waals surface area (Å²) in [5, 5.41) is 2.22. The van der Waals surface area contributed by atoms with Crippen LogP contribution < -0.4 is 0 Å². The van der Waals surface area contributed by atoms with Gasteiger partial charge >= 0.3 is 0 Å². The van der Waals surface area contributed by atoms with Crippen molar-refractivity contribution in [2.75, 3.05) is 0 Å². The highest BCUT2D eigenvalue weighted by Crippen LogP contribution is 2.57. The number of fused-ring (bicyclic) bond motifs is 9. The molecular weight excluding hydrogens is 669 g/mol. The number of allylic oxidation sites excluding steroid dienone is 4. The Morgan fingerprint density at radius 3 is 1.93 bits per heavy atom. The summed E-state index contributed by atoms with van der Waals surface area (Å²) < 4.78 is 6.26. The van der Waals surface area contributed by atoms with E-state index in [9.17, 15) is 0 Å². The Kier molecular flexibility index (Phi) is 6.77. The molecule has 0 saturated carbocycles. The Hall–Kier alpha value is -6.32. The molecule has 0 atom stereocenters. The van der Waals surface area contributed by atoms with Crippen molar-refractivity contribution in [1.29, 1.82) is 0 Å². The van der Waals surface area contributed by atoms with E-state index in [0.29, 0.717) is 5.82 Å². The lowest BCUT2D eigenvalue weighted by atomic mass is 9.79. The second kappa shape index (κ2) is 11.6. The minimum atomic E-state index is -0.0654. The molecule has 0 fully saturated rings. The molecule has 0 radical (unpaired) electrons. The van der Waals surface area contributed by atoms with Crippen LogP contribution in [0, 0.1) is 0 Å². The molecule has 0 aliphatic heterocycles. The molecule has 3 aliphatic rings. The fourth-order valence-corrected chi connectivity index (χ4v) is 9.56. The van der Waals surface area contributed by atoms with Crippen molar-refractivity contribution in [3.63, 3.8) is 0 Å². The quantitative estimate of drug-likeness (QED) is 0.183. The molecule has 55 heavy (non-hydrogen) atoms. The third-order valence-corrected chi connectivity index (χ3v) is 12.6. The lowest BCUT2D eigenvalue weighted by Crippen LogP contribution is -2.17. The number of aromatic nitrogens is 2. The van der Waals surface area contributed by atoms with E-state index in [1.165, 1.54) is 55.7 Å². The number of furan rings is 1. The molecule has 0 saturated heterocycles. The van der Waals surface area contributed by atoms with Gasteiger partial charge in [-0.3, -0.25) is 0 Å². The van der Waals surface area contributed by atoms with E-state index >= 15 is 0 Å². The van der Waals surface area contributed by atoms with Gasteiger partial charge in [-0.1, -0.05) is 131 Å². The van der Waals surface area contributed by atoms with E-state index in [-0.39, 0.29) is 10.8 Å². The van der Waals surface area contributed by atoms with Crippen molar-refractivity contribution in [3.8, 4) is 56.2 Å². The topological polar surface area (TPSA) is 38.9 Å². The molecule has 11 rings (SSSR count). The number of hydrogen-bond donors (Lipinski definition) is 0. The molecule has 3 nitrogen and oxygen atoms in total. The molecule has 8 aromatic rings. The van der Waals surface area contributed by atoms with E-state index in [0.717, 1.165) is 62.9 Å². The van der Waals surface area contributed by atoms with Gasteiger partial charge in [-0.15, -0.1) is 0 Å². The van der Waals surface area contributed by atoms with E-state index in [1.807, 2.05) is 30.3 Å². The fraction of sp³-hybridized carbons (Fsp3) is 0.154. The van der Waals surface area contributed by atoms with Crippen LogP contribution in [-0.4, -0.2) is 9.97 Å². The standard InChI is InChI=1S/C52H40N2O/c1-51(2)42-16-10-8-14-36(42)40-28-45-41(29-44(40)51)39-26-34(23-25-43(39)52(45,3)4)31-18-20-32(21-19-31)46-30-47(54-50(53-46)33-12-6-5-7-13-33)35-22-24-38-37-15-9-11-17-48(37)55-49(38)27-35/h5-7,9,11-30H,8,10H2,1-4H3. The number of rotatable bonds is 4. The highest BCUT2D eigenvalue weighted by Gasteiger charge is 2.43. The number of para-hydroxylation sites is 1. The SMILES string of the molecule is CC1(C)C2=CCCC=C2c2cc3c(cc21)-c1cc(-c2ccc(-c4cc(-c5ccc6c(c5)oc5ccccc56)nc(-c5ccccc5)n4)cc2)ccc1C3(C)C. The average Bonchev–Trinajstić information content (AvgIpc) is 3.79. The maximum atomic E-state index is 6.26. The Morgan fingerprint density at radius 2 is 1.09 bits per heavy atom. The first kappa shape index (κ1) is 32.1. The summed E-state index contributed by atoms with van der Waals surface area (Å²) in [6.45, 7) is 9.58. The molecule has 2 aromatic heterocycles. The van der Waals surface area contributed by atoms with Gasteiger partial charge in [0.2, 0.25) is 0 Å². The normalized spacial score (nSPS) is 16.0. The Balaban J connectivity index is 0.980. The van der Waals surface area contributed by atoms with E-state index in [2.05, 4.69) is 143 Å². The average molecular weight is 709 g/mol. The van der Waals surface area contributed by atoms with Gasteiger partial charge in [-0.05, 0) is 111 Å². The summed E-state index contributed by atoms with van der Waals surface area (Å²) in [7, 11) is 0. The molecule has 6 aromatic carbocycles. The van der Waals surface area contributed by atoms with Crippen LogP contribution in [0.2, 0.25) is 0 Å². The Bertz CT molecular complexity index is 2960. The van der Waals surface area contributed by atoms with Crippen LogP contribution >= 0.6 is 0 Å². The van der Waals surface area contributed by atoms with Crippen LogP contribution in [0.15, 0.2) is 156 Å². The Morgan fingerprint density at radius 1 is 0.455 bits per heavy atom. The molecule has 0 spiro atoms. The van der Waals surface area contributed by atoms with Crippen molar-refractivity contribution >= 4 is 27.5 Å². The van der Waals surface area contributed by atoms with Gasteiger partial charge < -0.3 is 4.42 Å². The lowest BCUT2D eigenvalue weighted by Gasteiger charge is -2.24. The van der Waals surface area contributed by atoms with Crippen molar-refractivity contribution in [3.05, 3.63) is 173 Å². The predicted octanol–water partition coefficient (Wildman–Crippen LogP) is 13.7. The second-order valence-electron chi connectivity index (χ2n) is 16.5. The van der Waals surface area contributed by atoms with Gasteiger partial charge in [-0.2, -0.15) is 0 Å². The summed E-state index contributed by atoms with van der Waals surface area (Å²) in [5.74, 6) is 0.697. The largest absolute Gasteiger partial charge is 0.456 e. The number of benzene rings is 6. The maximum Gasteiger partial charge on any atom is 0.160 e. The van der Waals surface area contributed by atoms with Crippen LogP contribution in [0.3, 0.4) is 0 Å². The van der Waals surface area contributed by atoms with E-state index in [4.69, 9.17) is 14.4 Å². The van der Waals surface area contributed by atoms with Gasteiger partial charge in [0.15, 0.2) is 5.82 Å². The van der Waals surface area contributed by atoms with E-state index in [1.54, 1.807) is 0 Å². The molecule has 2 heterocycles. The maximum absolute atomic E-state index is 6.26. The molecule has 3 aliphatic carbocycles. The molecule has 0 amide bonds. The van der Waals surface area contributed by atoms with Gasteiger partial charge in [0.1, 0.15) is 11.2 Å². The molecule has 3 heteroatoms. The molecule has 0 bridgehead atoms. The van der Waals surface area contributed by atoms with Crippen LogP contribution in [0.25, 0.3) is 83.7 Å². The highest BCUT2D eigenvalue weighted by molar-refractivity contribution is 6.06. The number of nitrogens with zero attached hydrogens (tertiary/aromatic N) is 2. The van der Waals surface area contributed by atoms with Crippen molar-refractivity contribution in [1.82, 2.24) is 9.97 Å². The van der Waals surface area contributed by atoms with Gasteiger partial charge in [0, 0.05) is 38.3 Å². The van der Waals surface area contributed by atoms with Gasteiger partial charge in [0.25, 0.3) is 0 Å². The zero-order valence-corrected chi connectivity index (χ0v) is 31.6. The summed E-state index contributed by atoms with van der Waals surface area (Å²) >= 11 is 0. The summed E-state index contributed by atoms with van der Waals surface area (Å²) in [4.78, 5) is 10.2. The summed E-state index contributed by atoms with van der Waals surface area (Å²) in [6, 6.07) is 47.9.